The number of aromatic nitrogens is 3. The van der Waals surface area contributed by atoms with Gasteiger partial charge in [-0.25, -0.2) is 9.97 Å². The van der Waals surface area contributed by atoms with Gasteiger partial charge in [-0.2, -0.15) is 13.2 Å². The smallest absolute Gasteiger partial charge is 0.373 e. The summed E-state index contributed by atoms with van der Waals surface area (Å²) < 4.78 is 37.9. The Bertz CT molecular complexity index is 540. The molecule has 0 aliphatic carbocycles. The van der Waals surface area contributed by atoms with Crippen LogP contribution in [0, 0.1) is 0 Å². The van der Waals surface area contributed by atoms with Crippen LogP contribution in [-0.2, 0) is 6.18 Å². The first-order valence-electron chi connectivity index (χ1n) is 5.06. The summed E-state index contributed by atoms with van der Waals surface area (Å²) in [5.41, 5.74) is 0.490. The molecule has 2 aromatic heterocycles. The second-order valence-corrected chi connectivity index (χ2v) is 3.42. The first kappa shape index (κ1) is 12.3. The highest BCUT2D eigenvalue weighted by Crippen LogP contribution is 2.29. The molecule has 94 valence electrons. The maximum absolute atomic E-state index is 12.6. The highest BCUT2D eigenvalue weighted by molar-refractivity contribution is 5.58. The third kappa shape index (κ3) is 2.55. The molecule has 0 amide bonds. The van der Waals surface area contributed by atoms with E-state index in [1.54, 1.807) is 18.2 Å². The Hall–Kier alpha value is -2.18. The number of alkyl halides is 3. The lowest BCUT2D eigenvalue weighted by Crippen LogP contribution is -2.13. The zero-order valence-electron chi connectivity index (χ0n) is 9.36. The van der Waals surface area contributed by atoms with Gasteiger partial charge in [-0.1, -0.05) is 6.07 Å². The van der Waals surface area contributed by atoms with E-state index in [1.807, 2.05) is 0 Å². The van der Waals surface area contributed by atoms with Crippen LogP contribution >= 0.6 is 0 Å². The van der Waals surface area contributed by atoms with Crippen LogP contribution in [0.5, 0.6) is 0 Å². The van der Waals surface area contributed by atoms with Crippen LogP contribution in [0.4, 0.5) is 19.0 Å². The van der Waals surface area contributed by atoms with Gasteiger partial charge >= 0.3 is 6.18 Å². The molecule has 0 saturated carbocycles. The summed E-state index contributed by atoms with van der Waals surface area (Å²) in [5.74, 6) is -1.09. The first-order chi connectivity index (χ1) is 8.50. The Morgan fingerprint density at radius 3 is 2.44 bits per heavy atom. The second-order valence-electron chi connectivity index (χ2n) is 3.42. The molecule has 0 unspecified atom stereocenters. The molecule has 0 aliphatic rings. The van der Waals surface area contributed by atoms with Crippen molar-refractivity contribution in [1.29, 1.82) is 0 Å². The summed E-state index contributed by atoms with van der Waals surface area (Å²) in [7, 11) is 1.49. The Morgan fingerprint density at radius 1 is 1.11 bits per heavy atom. The van der Waals surface area contributed by atoms with Gasteiger partial charge in [-0.05, 0) is 12.1 Å². The Labute approximate surface area is 101 Å². The summed E-state index contributed by atoms with van der Waals surface area (Å²) >= 11 is 0. The van der Waals surface area contributed by atoms with Crippen LogP contribution in [0.3, 0.4) is 0 Å². The van der Waals surface area contributed by atoms with Crippen molar-refractivity contribution in [2.45, 2.75) is 6.18 Å². The lowest BCUT2D eigenvalue weighted by Gasteiger charge is -2.09. The van der Waals surface area contributed by atoms with Gasteiger partial charge in [0.05, 0.1) is 11.4 Å². The first-order valence-corrected chi connectivity index (χ1v) is 5.06. The molecule has 2 heterocycles. The number of anilines is 1. The Morgan fingerprint density at radius 2 is 1.89 bits per heavy atom. The minimum absolute atomic E-state index is 0.0954. The molecule has 7 heteroatoms. The van der Waals surface area contributed by atoms with E-state index < -0.39 is 12.0 Å². The van der Waals surface area contributed by atoms with E-state index in [-0.39, 0.29) is 11.5 Å². The maximum Gasteiger partial charge on any atom is 0.451 e. The van der Waals surface area contributed by atoms with Gasteiger partial charge in [0, 0.05) is 19.3 Å². The molecule has 18 heavy (non-hydrogen) atoms. The van der Waals surface area contributed by atoms with E-state index in [2.05, 4.69) is 20.3 Å². The van der Waals surface area contributed by atoms with Crippen molar-refractivity contribution in [3.8, 4) is 11.4 Å². The summed E-state index contributed by atoms with van der Waals surface area (Å²) in [6, 6.07) is 6.35. The molecule has 0 aliphatic heterocycles. The number of pyridine rings is 1. The summed E-state index contributed by atoms with van der Waals surface area (Å²) in [6.45, 7) is 0. The van der Waals surface area contributed by atoms with Crippen LogP contribution in [0.25, 0.3) is 11.4 Å². The maximum atomic E-state index is 12.6. The normalized spacial score (nSPS) is 11.3. The number of halogens is 3. The third-order valence-electron chi connectivity index (χ3n) is 2.16. The number of hydrogen-bond donors (Lipinski definition) is 1. The minimum Gasteiger partial charge on any atom is -0.373 e. The standard InChI is InChI=1S/C11H9F3N4/c1-15-9-6-8(7-4-2-3-5-16-7)17-10(18-9)11(12,13)14/h2-6H,1H3,(H,15,17,18). The van der Waals surface area contributed by atoms with Gasteiger partial charge in [0.1, 0.15) is 5.82 Å². The minimum atomic E-state index is -4.59. The molecule has 0 radical (unpaired) electrons. The Kier molecular flexibility index (Phi) is 3.14. The number of nitrogens with one attached hydrogen (secondary N) is 1. The summed E-state index contributed by atoms with van der Waals surface area (Å²) in [6.07, 6.45) is -3.10. The molecule has 4 nitrogen and oxygen atoms in total. The fraction of sp³-hybridized carbons (Fsp3) is 0.182. The van der Waals surface area contributed by atoms with Crippen molar-refractivity contribution in [2.75, 3.05) is 12.4 Å². The lowest BCUT2D eigenvalue weighted by molar-refractivity contribution is -0.144. The molecule has 0 atom stereocenters. The fourth-order valence-corrected chi connectivity index (χ4v) is 1.35. The van der Waals surface area contributed by atoms with Gasteiger partial charge in [0.2, 0.25) is 5.82 Å². The number of rotatable bonds is 2. The van der Waals surface area contributed by atoms with Crippen LogP contribution < -0.4 is 5.32 Å². The SMILES string of the molecule is CNc1cc(-c2ccccn2)nc(C(F)(F)F)n1. The van der Waals surface area contributed by atoms with E-state index >= 15 is 0 Å². The monoisotopic (exact) mass is 254 g/mol. The van der Waals surface area contributed by atoms with Crippen molar-refractivity contribution < 1.29 is 13.2 Å². The molecule has 0 bridgehead atoms. The quantitative estimate of drug-likeness (QED) is 0.895. The van der Waals surface area contributed by atoms with Crippen LogP contribution in [0.2, 0.25) is 0 Å². The molecule has 0 saturated heterocycles. The van der Waals surface area contributed by atoms with Crippen LogP contribution in [0.1, 0.15) is 5.82 Å². The van der Waals surface area contributed by atoms with E-state index in [9.17, 15) is 13.2 Å². The van der Waals surface area contributed by atoms with Crippen molar-refractivity contribution >= 4 is 5.82 Å². The highest BCUT2D eigenvalue weighted by Gasteiger charge is 2.35. The molecular weight excluding hydrogens is 245 g/mol. The number of hydrogen-bond acceptors (Lipinski definition) is 4. The van der Waals surface area contributed by atoms with E-state index in [1.165, 1.54) is 19.3 Å². The number of nitrogens with zero attached hydrogens (tertiary/aromatic N) is 3. The summed E-state index contributed by atoms with van der Waals surface area (Å²) in [4.78, 5) is 10.8. The van der Waals surface area contributed by atoms with E-state index in [0.29, 0.717) is 5.69 Å². The zero-order chi connectivity index (χ0) is 13.2. The van der Waals surface area contributed by atoms with Crippen LogP contribution in [0.15, 0.2) is 30.5 Å². The molecule has 2 rings (SSSR count). The van der Waals surface area contributed by atoms with Gasteiger partial charge < -0.3 is 5.32 Å². The third-order valence-corrected chi connectivity index (χ3v) is 2.16. The topological polar surface area (TPSA) is 50.7 Å². The van der Waals surface area contributed by atoms with Crippen LogP contribution in [-0.4, -0.2) is 22.0 Å². The van der Waals surface area contributed by atoms with Gasteiger partial charge in [-0.3, -0.25) is 4.98 Å². The molecule has 2 aromatic rings. The molecule has 0 spiro atoms. The van der Waals surface area contributed by atoms with Gasteiger partial charge in [-0.15, -0.1) is 0 Å². The van der Waals surface area contributed by atoms with Gasteiger partial charge in [0.25, 0.3) is 0 Å². The Balaban J connectivity index is 2.55. The highest BCUT2D eigenvalue weighted by atomic mass is 19.4. The fourth-order valence-electron chi connectivity index (χ4n) is 1.35. The van der Waals surface area contributed by atoms with Crippen molar-refractivity contribution in [3.63, 3.8) is 0 Å². The summed E-state index contributed by atoms with van der Waals surface area (Å²) in [5, 5.41) is 2.57. The lowest BCUT2D eigenvalue weighted by atomic mass is 10.2. The average molecular weight is 254 g/mol. The predicted molar refractivity (Wildman–Crippen MR) is 59.8 cm³/mol. The predicted octanol–water partition coefficient (Wildman–Crippen LogP) is 2.60. The molecule has 0 fully saturated rings. The van der Waals surface area contributed by atoms with Crippen molar-refractivity contribution in [2.24, 2.45) is 0 Å². The van der Waals surface area contributed by atoms with Gasteiger partial charge in [0.15, 0.2) is 0 Å². The largest absolute Gasteiger partial charge is 0.451 e. The molecule has 1 N–H and O–H groups in total. The van der Waals surface area contributed by atoms with Crippen molar-refractivity contribution in [3.05, 3.63) is 36.3 Å². The van der Waals surface area contributed by atoms with Crippen molar-refractivity contribution in [1.82, 2.24) is 15.0 Å². The average Bonchev–Trinajstić information content (AvgIpc) is 2.38. The van der Waals surface area contributed by atoms with E-state index in [4.69, 9.17) is 0 Å². The zero-order valence-corrected chi connectivity index (χ0v) is 9.36. The molecule has 0 aromatic carbocycles. The molecular formula is C11H9F3N4. The van der Waals surface area contributed by atoms with E-state index in [0.717, 1.165) is 0 Å². The second kappa shape index (κ2) is 4.59.